The maximum Gasteiger partial charge on any atom is 0.193 e. The van der Waals surface area contributed by atoms with E-state index in [-0.39, 0.29) is 30.1 Å². The summed E-state index contributed by atoms with van der Waals surface area (Å²) in [4.78, 5) is 9.44. The van der Waals surface area contributed by atoms with Crippen molar-refractivity contribution in [1.29, 1.82) is 0 Å². The third-order valence-corrected chi connectivity index (χ3v) is 5.77. The van der Waals surface area contributed by atoms with Gasteiger partial charge in [-0.1, -0.05) is 6.42 Å². The molecule has 2 aliphatic heterocycles. The molecule has 0 saturated carbocycles. The van der Waals surface area contributed by atoms with E-state index in [1.165, 1.54) is 45.2 Å². The zero-order valence-corrected chi connectivity index (χ0v) is 20.0. The summed E-state index contributed by atoms with van der Waals surface area (Å²) in [5, 5.41) is 7.81. The second kappa shape index (κ2) is 12.0. The predicted octanol–water partition coefficient (Wildman–Crippen LogP) is 2.64. The van der Waals surface area contributed by atoms with E-state index in [0.29, 0.717) is 6.61 Å². The molecule has 2 saturated heterocycles. The first-order valence-corrected chi connectivity index (χ1v) is 10.5. The number of hydrogen-bond acceptors (Lipinski definition) is 4. The smallest absolute Gasteiger partial charge is 0.193 e. The summed E-state index contributed by atoms with van der Waals surface area (Å²) in [6.45, 7) is 8.26. The molecule has 1 N–H and O–H groups in total. The number of ether oxygens (including phenoxy) is 1. The van der Waals surface area contributed by atoms with Crippen LogP contribution >= 0.6 is 24.0 Å². The fourth-order valence-electron chi connectivity index (χ4n) is 4.11. The number of nitrogens with zero attached hydrogens (tertiary/aromatic N) is 5. The highest BCUT2D eigenvalue weighted by Gasteiger charge is 2.25. The summed E-state index contributed by atoms with van der Waals surface area (Å²) in [6, 6.07) is 0.761. The number of morpholine rings is 1. The summed E-state index contributed by atoms with van der Waals surface area (Å²) >= 11 is 0. The van der Waals surface area contributed by atoms with Crippen LogP contribution in [0.15, 0.2) is 17.4 Å². The van der Waals surface area contributed by atoms with Gasteiger partial charge in [0.05, 0.1) is 19.3 Å². The maximum absolute atomic E-state index is 5.94. The van der Waals surface area contributed by atoms with Crippen LogP contribution in [0.3, 0.4) is 0 Å². The third-order valence-electron chi connectivity index (χ3n) is 5.77. The van der Waals surface area contributed by atoms with Crippen LogP contribution in [-0.4, -0.2) is 78.0 Å². The van der Waals surface area contributed by atoms with Gasteiger partial charge in [0, 0.05) is 45.0 Å². The Morgan fingerprint density at radius 2 is 2.18 bits per heavy atom. The van der Waals surface area contributed by atoms with Crippen molar-refractivity contribution in [2.24, 2.45) is 12.0 Å². The molecule has 2 atom stereocenters. The van der Waals surface area contributed by atoms with Crippen molar-refractivity contribution in [2.75, 3.05) is 46.4 Å². The zero-order valence-electron chi connectivity index (χ0n) is 17.6. The third kappa shape index (κ3) is 6.59. The number of unbranched alkanes of at least 4 members (excludes halogenated alkanes) is 1. The Labute approximate surface area is 186 Å². The van der Waals surface area contributed by atoms with Gasteiger partial charge in [0.1, 0.15) is 6.10 Å². The van der Waals surface area contributed by atoms with Crippen molar-refractivity contribution in [3.05, 3.63) is 18.0 Å². The highest BCUT2D eigenvalue weighted by Crippen LogP contribution is 2.21. The van der Waals surface area contributed by atoms with Crippen LogP contribution in [-0.2, 0) is 11.8 Å². The summed E-state index contributed by atoms with van der Waals surface area (Å²) < 4.78 is 7.77. The van der Waals surface area contributed by atoms with Crippen LogP contribution in [0.4, 0.5) is 0 Å². The fourth-order valence-corrected chi connectivity index (χ4v) is 4.11. The van der Waals surface area contributed by atoms with Crippen molar-refractivity contribution in [3.8, 4) is 0 Å². The van der Waals surface area contributed by atoms with Gasteiger partial charge in [-0.15, -0.1) is 24.0 Å². The molecule has 28 heavy (non-hydrogen) atoms. The lowest BCUT2D eigenvalue weighted by Crippen LogP contribution is -2.48. The largest absolute Gasteiger partial charge is 0.370 e. The number of halogens is 1. The molecule has 3 rings (SSSR count). The Hall–Kier alpha value is -0.870. The number of rotatable bonds is 6. The molecule has 2 aliphatic rings. The average molecular weight is 504 g/mol. The minimum Gasteiger partial charge on any atom is -0.370 e. The number of guanidine groups is 1. The number of aliphatic imine (C=N–C) groups is 1. The number of aromatic nitrogens is 2. The molecule has 1 aromatic rings. The molecule has 0 amide bonds. The number of likely N-dealkylation sites (tertiary alicyclic amines) is 1. The number of aryl methyl sites for hydroxylation is 1. The molecule has 0 aliphatic carbocycles. The number of piperidine rings is 1. The Balaban J connectivity index is 0.00000280. The van der Waals surface area contributed by atoms with Crippen molar-refractivity contribution < 1.29 is 4.74 Å². The van der Waals surface area contributed by atoms with Gasteiger partial charge in [-0.05, 0) is 45.7 Å². The molecule has 3 heterocycles. The van der Waals surface area contributed by atoms with E-state index >= 15 is 0 Å². The van der Waals surface area contributed by atoms with Gasteiger partial charge in [-0.2, -0.15) is 5.10 Å². The standard InChI is InChI=1S/C20H36N6O.HI/c1-17-8-4-6-10-25(17)11-7-5-9-22-20(21-2)26-12-13-27-19(16-26)18-14-23-24(3)15-18;/h14-15,17,19H,4-13,16H2,1-3H3,(H,21,22);1H. The molecular weight excluding hydrogens is 467 g/mol. The monoisotopic (exact) mass is 504 g/mol. The second-order valence-electron chi connectivity index (χ2n) is 7.81. The summed E-state index contributed by atoms with van der Waals surface area (Å²) in [6.07, 6.45) is 10.5. The molecular formula is C20H37IN6O. The van der Waals surface area contributed by atoms with E-state index in [2.05, 4.69) is 32.1 Å². The molecule has 2 unspecified atom stereocenters. The highest BCUT2D eigenvalue weighted by molar-refractivity contribution is 14.0. The van der Waals surface area contributed by atoms with Gasteiger partial charge in [0.25, 0.3) is 0 Å². The van der Waals surface area contributed by atoms with Crippen LogP contribution in [0.25, 0.3) is 0 Å². The molecule has 7 nitrogen and oxygen atoms in total. The SMILES string of the molecule is CN=C(NCCCCN1CCCCC1C)N1CCOC(c2cnn(C)c2)C1.I. The van der Waals surface area contributed by atoms with Crippen molar-refractivity contribution in [3.63, 3.8) is 0 Å². The van der Waals surface area contributed by atoms with E-state index in [1.807, 2.05) is 31.2 Å². The topological polar surface area (TPSA) is 57.9 Å². The van der Waals surface area contributed by atoms with Crippen molar-refractivity contribution in [1.82, 2.24) is 24.9 Å². The van der Waals surface area contributed by atoms with E-state index in [0.717, 1.165) is 37.2 Å². The molecule has 160 valence electrons. The summed E-state index contributed by atoms with van der Waals surface area (Å²) in [7, 11) is 3.81. The van der Waals surface area contributed by atoms with Crippen LogP contribution in [0.2, 0.25) is 0 Å². The van der Waals surface area contributed by atoms with Gasteiger partial charge in [0.2, 0.25) is 0 Å². The molecule has 0 bridgehead atoms. The first kappa shape index (κ1) is 23.4. The van der Waals surface area contributed by atoms with Crippen molar-refractivity contribution in [2.45, 2.75) is 51.2 Å². The fraction of sp³-hybridized carbons (Fsp3) is 0.800. The zero-order chi connectivity index (χ0) is 19.1. The van der Waals surface area contributed by atoms with Crippen LogP contribution in [0.5, 0.6) is 0 Å². The second-order valence-corrected chi connectivity index (χ2v) is 7.81. The lowest BCUT2D eigenvalue weighted by atomic mass is 10.0. The van der Waals surface area contributed by atoms with Crippen LogP contribution < -0.4 is 5.32 Å². The lowest BCUT2D eigenvalue weighted by molar-refractivity contribution is -0.00802. The first-order valence-electron chi connectivity index (χ1n) is 10.5. The quantitative estimate of drug-likeness (QED) is 0.280. The molecule has 2 fully saturated rings. The Morgan fingerprint density at radius 3 is 2.89 bits per heavy atom. The predicted molar refractivity (Wildman–Crippen MR) is 124 cm³/mol. The maximum atomic E-state index is 5.94. The Morgan fingerprint density at radius 1 is 1.32 bits per heavy atom. The Bertz CT molecular complexity index is 607. The van der Waals surface area contributed by atoms with Crippen LogP contribution in [0.1, 0.15) is 50.7 Å². The van der Waals surface area contributed by atoms with Gasteiger partial charge in [0.15, 0.2) is 5.96 Å². The van der Waals surface area contributed by atoms with E-state index in [1.54, 1.807) is 0 Å². The number of hydrogen-bond donors (Lipinski definition) is 1. The first-order chi connectivity index (χ1) is 13.2. The van der Waals surface area contributed by atoms with Gasteiger partial charge >= 0.3 is 0 Å². The van der Waals surface area contributed by atoms with Crippen LogP contribution in [0, 0.1) is 0 Å². The van der Waals surface area contributed by atoms with E-state index < -0.39 is 0 Å². The summed E-state index contributed by atoms with van der Waals surface area (Å²) in [5.41, 5.74) is 1.13. The molecule has 0 aromatic carbocycles. The minimum absolute atomic E-state index is 0. The van der Waals surface area contributed by atoms with E-state index in [9.17, 15) is 0 Å². The minimum atomic E-state index is 0. The molecule has 0 spiro atoms. The molecule has 0 radical (unpaired) electrons. The normalized spacial score (nSPS) is 24.1. The lowest BCUT2D eigenvalue weighted by Gasteiger charge is -2.35. The number of nitrogens with one attached hydrogen (secondary N) is 1. The highest BCUT2D eigenvalue weighted by atomic mass is 127. The summed E-state index contributed by atoms with van der Waals surface area (Å²) in [5.74, 6) is 0.985. The molecule has 1 aromatic heterocycles. The van der Waals surface area contributed by atoms with Gasteiger partial charge < -0.3 is 19.9 Å². The average Bonchev–Trinajstić information content (AvgIpc) is 3.12. The van der Waals surface area contributed by atoms with Gasteiger partial charge in [-0.25, -0.2) is 0 Å². The Kier molecular flexibility index (Phi) is 10.0. The molecule has 8 heteroatoms. The van der Waals surface area contributed by atoms with Gasteiger partial charge in [-0.3, -0.25) is 9.67 Å². The van der Waals surface area contributed by atoms with Crippen molar-refractivity contribution >= 4 is 29.9 Å². The van der Waals surface area contributed by atoms with E-state index in [4.69, 9.17) is 4.74 Å².